The van der Waals surface area contributed by atoms with Crippen LogP contribution in [0.1, 0.15) is 6.42 Å². The molecule has 3 N–H and O–H groups in total. The van der Waals surface area contributed by atoms with E-state index in [1.54, 1.807) is 12.1 Å². The van der Waals surface area contributed by atoms with Gasteiger partial charge < -0.3 is 19.7 Å². The Balaban J connectivity index is 2.26. The minimum atomic E-state index is -1.26. The van der Waals surface area contributed by atoms with E-state index in [4.69, 9.17) is 14.6 Å². The summed E-state index contributed by atoms with van der Waals surface area (Å²) in [4.78, 5) is 25.5. The van der Waals surface area contributed by atoms with E-state index in [1.807, 2.05) is 0 Å². The van der Waals surface area contributed by atoms with Crippen molar-refractivity contribution in [1.29, 1.82) is 0 Å². The first-order valence-electron chi connectivity index (χ1n) is 5.17. The van der Waals surface area contributed by atoms with Crippen LogP contribution < -0.4 is 0 Å². The van der Waals surface area contributed by atoms with Crippen LogP contribution in [0.4, 0.5) is 0 Å². The van der Waals surface area contributed by atoms with Gasteiger partial charge >= 0.3 is 11.9 Å². The van der Waals surface area contributed by atoms with Crippen molar-refractivity contribution in [2.45, 2.75) is 16.9 Å². The van der Waals surface area contributed by atoms with Gasteiger partial charge in [0.25, 0.3) is 5.22 Å². The number of carboxylic acid groups (broad SMARTS) is 2. The lowest BCUT2D eigenvalue weighted by atomic mass is 10.3. The molecule has 0 aliphatic carbocycles. The summed E-state index contributed by atoms with van der Waals surface area (Å²) in [6.45, 7) is 0. The predicted molar refractivity (Wildman–Crippen MR) is 65.2 cm³/mol. The van der Waals surface area contributed by atoms with E-state index < -0.39 is 23.6 Å². The van der Waals surface area contributed by atoms with E-state index in [1.165, 1.54) is 6.07 Å². The summed E-state index contributed by atoms with van der Waals surface area (Å²) >= 11 is 0.690. The predicted octanol–water partition coefficient (Wildman–Crippen LogP) is 1.55. The van der Waals surface area contributed by atoms with E-state index in [0.717, 1.165) is 0 Å². The second-order valence-electron chi connectivity index (χ2n) is 3.65. The Morgan fingerprint density at radius 1 is 1.37 bits per heavy atom. The normalized spacial score (nSPS) is 12.4. The largest absolute Gasteiger partial charge is 0.504 e. The first-order valence-corrected chi connectivity index (χ1v) is 6.05. The third-order valence-corrected chi connectivity index (χ3v) is 3.28. The molecule has 1 aromatic heterocycles. The van der Waals surface area contributed by atoms with Crippen molar-refractivity contribution in [3.05, 3.63) is 18.2 Å². The zero-order valence-corrected chi connectivity index (χ0v) is 10.3. The number of carboxylic acids is 2. The fraction of sp³-hybridized carbons (Fsp3) is 0.182. The topological polar surface area (TPSA) is 121 Å². The first-order chi connectivity index (χ1) is 8.97. The van der Waals surface area contributed by atoms with Crippen LogP contribution >= 0.6 is 11.8 Å². The van der Waals surface area contributed by atoms with Crippen molar-refractivity contribution >= 4 is 34.8 Å². The van der Waals surface area contributed by atoms with Crippen LogP contribution in [0.25, 0.3) is 11.1 Å². The molecule has 100 valence electrons. The number of rotatable bonds is 5. The van der Waals surface area contributed by atoms with Crippen molar-refractivity contribution in [2.24, 2.45) is 0 Å². The van der Waals surface area contributed by atoms with Gasteiger partial charge in [0.2, 0.25) is 0 Å². The molecule has 0 aliphatic heterocycles. The molecule has 0 spiro atoms. The molecular weight excluding hydrogens is 274 g/mol. The van der Waals surface area contributed by atoms with Crippen LogP contribution in [0.2, 0.25) is 0 Å². The number of phenols is 1. The van der Waals surface area contributed by atoms with Gasteiger partial charge in [-0.15, -0.1) is 0 Å². The van der Waals surface area contributed by atoms with E-state index in [-0.39, 0.29) is 16.6 Å². The number of oxazole rings is 1. The summed E-state index contributed by atoms with van der Waals surface area (Å²) in [5.41, 5.74) is 0.520. The highest BCUT2D eigenvalue weighted by Gasteiger charge is 2.25. The van der Waals surface area contributed by atoms with Crippen LogP contribution in [0, 0.1) is 0 Å². The SMILES string of the molecule is O=C(O)CC(Sc1nc2cccc(O)c2o1)C(=O)O. The molecule has 1 heterocycles. The summed E-state index contributed by atoms with van der Waals surface area (Å²) in [6.07, 6.45) is -0.551. The molecule has 2 aromatic rings. The Bertz CT molecular complexity index is 637. The quantitative estimate of drug-likeness (QED) is 0.707. The number of benzene rings is 1. The lowest BCUT2D eigenvalue weighted by Gasteiger charge is -2.05. The zero-order chi connectivity index (χ0) is 14.0. The standard InChI is InChI=1S/C11H9NO6S/c13-6-3-1-2-5-9(6)18-11(12-5)19-7(10(16)17)4-8(14)15/h1-3,7,13H,4H2,(H,14,15)(H,16,17). The van der Waals surface area contributed by atoms with Crippen LogP contribution in [0.5, 0.6) is 5.75 Å². The van der Waals surface area contributed by atoms with Gasteiger partial charge in [0.05, 0.1) is 6.42 Å². The monoisotopic (exact) mass is 283 g/mol. The number of thioether (sulfide) groups is 1. The summed E-state index contributed by atoms with van der Waals surface area (Å²) in [6, 6.07) is 4.57. The number of nitrogens with zero attached hydrogens (tertiary/aromatic N) is 1. The summed E-state index contributed by atoms with van der Waals surface area (Å²) in [5.74, 6) is -2.60. The molecule has 0 saturated heterocycles. The molecule has 0 saturated carbocycles. The van der Waals surface area contributed by atoms with Crippen molar-refractivity contribution in [2.75, 3.05) is 0 Å². The van der Waals surface area contributed by atoms with Gasteiger partial charge in [0.1, 0.15) is 10.8 Å². The second-order valence-corrected chi connectivity index (χ2v) is 4.80. The molecule has 1 atom stereocenters. The van der Waals surface area contributed by atoms with Gasteiger partial charge in [0, 0.05) is 0 Å². The molecule has 0 radical (unpaired) electrons. The molecule has 8 heteroatoms. The summed E-state index contributed by atoms with van der Waals surface area (Å²) in [7, 11) is 0. The Kier molecular flexibility index (Phi) is 3.61. The number of aromatic nitrogens is 1. The lowest BCUT2D eigenvalue weighted by Crippen LogP contribution is -2.20. The maximum absolute atomic E-state index is 10.9. The third-order valence-electron chi connectivity index (χ3n) is 2.25. The third kappa shape index (κ3) is 2.97. The van der Waals surface area contributed by atoms with Crippen molar-refractivity contribution in [3.8, 4) is 5.75 Å². The average Bonchev–Trinajstić information content (AvgIpc) is 2.71. The van der Waals surface area contributed by atoms with Crippen LogP contribution in [0.15, 0.2) is 27.8 Å². The number of hydrogen-bond acceptors (Lipinski definition) is 6. The van der Waals surface area contributed by atoms with Crippen molar-refractivity contribution in [3.63, 3.8) is 0 Å². The number of para-hydroxylation sites is 1. The fourth-order valence-corrected chi connectivity index (χ4v) is 2.28. The zero-order valence-electron chi connectivity index (χ0n) is 9.44. The molecule has 1 aromatic carbocycles. The summed E-state index contributed by atoms with van der Waals surface area (Å²) in [5, 5.41) is 25.9. The highest BCUT2D eigenvalue weighted by atomic mass is 32.2. The van der Waals surface area contributed by atoms with Crippen molar-refractivity contribution in [1.82, 2.24) is 4.98 Å². The molecule has 0 fully saturated rings. The molecule has 1 unspecified atom stereocenters. The number of aromatic hydroxyl groups is 1. The van der Waals surface area contributed by atoms with E-state index in [0.29, 0.717) is 17.3 Å². The molecule has 0 amide bonds. The smallest absolute Gasteiger partial charge is 0.317 e. The van der Waals surface area contributed by atoms with Gasteiger partial charge in [-0.1, -0.05) is 17.8 Å². The molecule has 0 aliphatic rings. The minimum absolute atomic E-state index is 0.00477. The maximum Gasteiger partial charge on any atom is 0.317 e. The molecule has 7 nitrogen and oxygen atoms in total. The Morgan fingerprint density at radius 2 is 2.11 bits per heavy atom. The highest BCUT2D eigenvalue weighted by molar-refractivity contribution is 8.00. The first kappa shape index (κ1) is 13.2. The number of fused-ring (bicyclic) bond motifs is 1. The number of carbonyl (C=O) groups is 2. The van der Waals surface area contributed by atoms with Gasteiger partial charge in [-0.3, -0.25) is 9.59 Å². The van der Waals surface area contributed by atoms with Crippen LogP contribution in [-0.4, -0.2) is 37.5 Å². The van der Waals surface area contributed by atoms with Crippen LogP contribution in [-0.2, 0) is 9.59 Å². The van der Waals surface area contributed by atoms with Gasteiger partial charge in [0.15, 0.2) is 11.3 Å². The summed E-state index contributed by atoms with van der Waals surface area (Å²) < 4.78 is 5.21. The molecule has 0 bridgehead atoms. The molecule has 19 heavy (non-hydrogen) atoms. The maximum atomic E-state index is 10.9. The van der Waals surface area contributed by atoms with Crippen LogP contribution in [0.3, 0.4) is 0 Å². The lowest BCUT2D eigenvalue weighted by molar-refractivity contribution is -0.142. The Labute approximate surface area is 110 Å². The average molecular weight is 283 g/mol. The van der Waals surface area contributed by atoms with Gasteiger partial charge in [-0.2, -0.15) is 0 Å². The van der Waals surface area contributed by atoms with E-state index >= 15 is 0 Å². The minimum Gasteiger partial charge on any atom is -0.504 e. The Morgan fingerprint density at radius 3 is 2.68 bits per heavy atom. The Hall–Kier alpha value is -2.22. The molecule has 2 rings (SSSR count). The molecular formula is C11H9NO6S. The van der Waals surface area contributed by atoms with Gasteiger partial charge in [-0.05, 0) is 12.1 Å². The fourth-order valence-electron chi connectivity index (χ4n) is 1.42. The highest BCUT2D eigenvalue weighted by Crippen LogP contribution is 2.32. The number of phenolic OH excluding ortho intramolecular Hbond substituents is 1. The van der Waals surface area contributed by atoms with E-state index in [9.17, 15) is 14.7 Å². The number of hydrogen-bond donors (Lipinski definition) is 3. The van der Waals surface area contributed by atoms with Crippen molar-refractivity contribution < 1.29 is 29.3 Å². The van der Waals surface area contributed by atoms with Gasteiger partial charge in [-0.25, -0.2) is 4.98 Å². The second kappa shape index (κ2) is 5.19. The van der Waals surface area contributed by atoms with E-state index in [2.05, 4.69) is 4.98 Å². The number of aliphatic carboxylic acids is 2.